The molecule has 39 heavy (non-hydrogen) atoms. The van der Waals surface area contributed by atoms with Crippen LogP contribution < -0.4 is 11.0 Å². The van der Waals surface area contributed by atoms with Crippen molar-refractivity contribution >= 4 is 29.5 Å². The van der Waals surface area contributed by atoms with Gasteiger partial charge in [-0.1, -0.05) is 23.7 Å². The summed E-state index contributed by atoms with van der Waals surface area (Å²) in [5, 5.41) is 7.96. The van der Waals surface area contributed by atoms with Gasteiger partial charge in [-0.15, -0.1) is 9.19 Å². The molecule has 0 atom stereocenters. The highest BCUT2D eigenvalue weighted by atomic mass is 35.5. The molecule has 6 nitrogen and oxygen atoms in total. The summed E-state index contributed by atoms with van der Waals surface area (Å²) in [6.07, 6.45) is -2.65. The van der Waals surface area contributed by atoms with Gasteiger partial charge in [0.2, 0.25) is 0 Å². The van der Waals surface area contributed by atoms with Crippen LogP contribution in [0.15, 0.2) is 82.5 Å². The Hall–Kier alpha value is -3.50. The molecule has 1 fully saturated rings. The van der Waals surface area contributed by atoms with E-state index in [2.05, 4.69) is 10.4 Å². The predicted octanol–water partition coefficient (Wildman–Crippen LogP) is 6.94. The maximum Gasteiger partial charge on any atom is 0.416 e. The molecule has 1 saturated carbocycles. The van der Waals surface area contributed by atoms with Crippen LogP contribution in [0.5, 0.6) is 0 Å². The van der Waals surface area contributed by atoms with E-state index in [0.29, 0.717) is 26.9 Å². The zero-order chi connectivity index (χ0) is 27.9. The molecule has 1 heterocycles. The summed E-state index contributed by atoms with van der Waals surface area (Å²) in [5.74, 6) is 0.133. The molecular weight excluding hydrogens is 549 g/mol. The van der Waals surface area contributed by atoms with E-state index in [-0.39, 0.29) is 11.7 Å². The van der Waals surface area contributed by atoms with Crippen molar-refractivity contribution in [3.05, 3.63) is 105 Å². The van der Waals surface area contributed by atoms with Crippen LogP contribution in [0, 0.1) is 0 Å². The van der Waals surface area contributed by atoms with E-state index < -0.39 is 23.2 Å². The average Bonchev–Trinajstić information content (AvgIpc) is 3.68. The summed E-state index contributed by atoms with van der Waals surface area (Å²) < 4.78 is 42.5. The Balaban J connectivity index is 1.32. The van der Waals surface area contributed by atoms with Gasteiger partial charge in [-0.25, -0.2) is 4.79 Å². The molecule has 4 aromatic rings. The van der Waals surface area contributed by atoms with E-state index in [1.54, 1.807) is 60.9 Å². The van der Waals surface area contributed by atoms with Crippen LogP contribution in [0.1, 0.15) is 54.2 Å². The van der Waals surface area contributed by atoms with Crippen molar-refractivity contribution in [3.63, 3.8) is 0 Å². The Morgan fingerprint density at radius 2 is 1.64 bits per heavy atom. The Bertz CT molecular complexity index is 1570. The van der Waals surface area contributed by atoms with Gasteiger partial charge in [0.05, 0.1) is 11.1 Å². The Labute approximate surface area is 231 Å². The molecule has 1 N–H and O–H groups in total. The van der Waals surface area contributed by atoms with Gasteiger partial charge >= 0.3 is 11.9 Å². The summed E-state index contributed by atoms with van der Waals surface area (Å²) in [4.78, 5) is 26.8. The van der Waals surface area contributed by atoms with Crippen molar-refractivity contribution in [2.75, 3.05) is 0 Å². The van der Waals surface area contributed by atoms with Gasteiger partial charge < -0.3 is 5.32 Å². The highest BCUT2D eigenvalue weighted by Crippen LogP contribution is 2.37. The fourth-order valence-corrected chi connectivity index (χ4v) is 5.02. The fraction of sp³-hybridized carbons (Fsp3) is 0.250. The van der Waals surface area contributed by atoms with Gasteiger partial charge in [0.15, 0.2) is 5.82 Å². The van der Waals surface area contributed by atoms with Gasteiger partial charge in [-0.05, 0) is 92.9 Å². The minimum atomic E-state index is -4.48. The maximum absolute atomic E-state index is 13.2. The second-order valence-electron chi connectivity index (χ2n) is 9.86. The molecule has 1 aliphatic rings. The van der Waals surface area contributed by atoms with E-state index in [1.807, 2.05) is 12.1 Å². The Kier molecular flexibility index (Phi) is 7.11. The average molecular weight is 573 g/mol. The number of hydrogen-bond donors (Lipinski definition) is 1. The summed E-state index contributed by atoms with van der Waals surface area (Å²) in [5.41, 5.74) is -0.609. The molecular formula is C28H24ClF3N4O2S. The lowest BCUT2D eigenvalue weighted by atomic mass is 9.92. The van der Waals surface area contributed by atoms with Crippen LogP contribution in [-0.2, 0) is 11.7 Å². The lowest BCUT2D eigenvalue weighted by Gasteiger charge is -2.27. The van der Waals surface area contributed by atoms with Crippen LogP contribution >= 0.6 is 23.5 Å². The summed E-state index contributed by atoms with van der Waals surface area (Å²) in [6, 6.07) is 18.8. The van der Waals surface area contributed by atoms with Crippen LogP contribution in [-0.4, -0.2) is 19.7 Å². The first-order valence-electron chi connectivity index (χ1n) is 12.2. The summed E-state index contributed by atoms with van der Waals surface area (Å²) in [7, 11) is 0. The second-order valence-corrected chi connectivity index (χ2v) is 11.3. The highest BCUT2D eigenvalue weighted by Gasteiger charge is 2.33. The quantitative estimate of drug-likeness (QED) is 0.260. The first kappa shape index (κ1) is 27.1. The third kappa shape index (κ3) is 5.91. The monoisotopic (exact) mass is 572 g/mol. The molecule has 11 heteroatoms. The van der Waals surface area contributed by atoms with Crippen molar-refractivity contribution in [1.82, 2.24) is 19.1 Å². The molecule has 0 radical (unpaired) electrons. The number of rotatable bonds is 7. The van der Waals surface area contributed by atoms with Gasteiger partial charge in [0.1, 0.15) is 0 Å². The minimum Gasteiger partial charge on any atom is -0.343 e. The largest absolute Gasteiger partial charge is 0.416 e. The number of nitrogens with one attached hydrogen (secondary N) is 1. The number of carbonyl (C=O) groups is 1. The number of amides is 1. The van der Waals surface area contributed by atoms with Gasteiger partial charge in [-0.3, -0.25) is 9.36 Å². The number of halogens is 4. The van der Waals surface area contributed by atoms with E-state index >= 15 is 0 Å². The molecule has 0 spiro atoms. The van der Waals surface area contributed by atoms with Crippen LogP contribution in [0.25, 0.3) is 11.4 Å². The number of benzene rings is 3. The zero-order valence-corrected chi connectivity index (χ0v) is 22.6. The van der Waals surface area contributed by atoms with E-state index in [9.17, 15) is 22.8 Å². The van der Waals surface area contributed by atoms with Crippen LogP contribution in [0.2, 0.25) is 5.02 Å². The second kappa shape index (κ2) is 10.2. The van der Waals surface area contributed by atoms with Crippen molar-refractivity contribution in [2.24, 2.45) is 0 Å². The maximum atomic E-state index is 13.2. The molecule has 0 saturated heterocycles. The molecule has 0 bridgehead atoms. The molecule has 1 aliphatic carbocycles. The fourth-order valence-electron chi connectivity index (χ4n) is 4.16. The third-order valence-corrected chi connectivity index (χ3v) is 7.59. The molecule has 202 valence electrons. The van der Waals surface area contributed by atoms with E-state index in [1.165, 1.54) is 10.2 Å². The summed E-state index contributed by atoms with van der Waals surface area (Å²) in [6.45, 7) is 3.29. The molecule has 1 amide bonds. The molecule has 0 unspecified atom stereocenters. The SMILES string of the molecule is CC(C)(NC(=O)c1ccc(Sn2nc(-c3ccc(Cl)cc3)n(C3CC3)c2=O)cc1)c1cccc(C(F)(F)F)c1. The van der Waals surface area contributed by atoms with Gasteiger partial charge in [0, 0.05) is 39.0 Å². The van der Waals surface area contributed by atoms with E-state index in [0.717, 1.165) is 42.5 Å². The van der Waals surface area contributed by atoms with Crippen LogP contribution in [0.4, 0.5) is 13.2 Å². The van der Waals surface area contributed by atoms with Crippen molar-refractivity contribution in [1.29, 1.82) is 0 Å². The molecule has 5 rings (SSSR count). The lowest BCUT2D eigenvalue weighted by Crippen LogP contribution is -2.41. The number of nitrogens with zero attached hydrogens (tertiary/aromatic N) is 3. The van der Waals surface area contributed by atoms with Crippen molar-refractivity contribution in [3.8, 4) is 11.4 Å². The minimum absolute atomic E-state index is 0.115. The number of aromatic nitrogens is 3. The normalized spacial score (nSPS) is 13.9. The first-order valence-corrected chi connectivity index (χ1v) is 13.3. The van der Waals surface area contributed by atoms with E-state index in [4.69, 9.17) is 11.6 Å². The zero-order valence-electron chi connectivity index (χ0n) is 21.0. The highest BCUT2D eigenvalue weighted by molar-refractivity contribution is 7.97. The molecule has 3 aromatic carbocycles. The summed E-state index contributed by atoms with van der Waals surface area (Å²) >= 11 is 7.15. The molecule has 1 aromatic heterocycles. The topological polar surface area (TPSA) is 68.9 Å². The number of alkyl halides is 3. The van der Waals surface area contributed by atoms with Crippen molar-refractivity contribution < 1.29 is 18.0 Å². The first-order chi connectivity index (χ1) is 18.4. The standard InChI is InChI=1S/C28H24ClF3N4O2S/c1-27(2,19-4-3-5-20(16-19)28(30,31)32)33-25(37)18-8-14-23(15-9-18)39-36-26(38)35(22-12-13-22)24(34-36)17-6-10-21(29)11-7-17/h3-11,14-16,22H,12-13H2,1-2H3,(H,33,37). The Morgan fingerprint density at radius 3 is 2.26 bits per heavy atom. The Morgan fingerprint density at radius 1 is 1.00 bits per heavy atom. The third-order valence-electron chi connectivity index (χ3n) is 6.44. The predicted molar refractivity (Wildman–Crippen MR) is 145 cm³/mol. The van der Waals surface area contributed by atoms with Gasteiger partial charge in [0.25, 0.3) is 5.91 Å². The number of hydrogen-bond acceptors (Lipinski definition) is 4. The van der Waals surface area contributed by atoms with Crippen LogP contribution in [0.3, 0.4) is 0 Å². The smallest absolute Gasteiger partial charge is 0.343 e. The number of carbonyl (C=O) groups excluding carboxylic acids is 1. The molecule has 0 aliphatic heterocycles. The lowest BCUT2D eigenvalue weighted by molar-refractivity contribution is -0.137. The van der Waals surface area contributed by atoms with Crippen molar-refractivity contribution in [2.45, 2.75) is 49.3 Å². The van der Waals surface area contributed by atoms with Gasteiger partial charge in [-0.2, -0.15) is 13.2 Å².